The van der Waals surface area contributed by atoms with Crippen molar-refractivity contribution in [1.82, 2.24) is 4.90 Å². The van der Waals surface area contributed by atoms with Gasteiger partial charge in [0.05, 0.1) is 30.7 Å². The number of amides is 1. The van der Waals surface area contributed by atoms with Crippen molar-refractivity contribution >= 4 is 16.9 Å². The van der Waals surface area contributed by atoms with Crippen molar-refractivity contribution in [2.75, 3.05) is 20.3 Å². The molecule has 1 amide bonds. The van der Waals surface area contributed by atoms with Gasteiger partial charge in [0.2, 0.25) is 5.76 Å². The molecule has 1 aliphatic rings. The van der Waals surface area contributed by atoms with E-state index in [0.29, 0.717) is 47.1 Å². The smallest absolute Gasteiger partial charge is 0.290 e. The van der Waals surface area contributed by atoms with E-state index < -0.39 is 6.04 Å². The molecule has 0 radical (unpaired) electrons. The number of rotatable bonds is 9. The van der Waals surface area contributed by atoms with Crippen molar-refractivity contribution in [3.63, 3.8) is 0 Å². The number of hydrogen-bond acceptors (Lipinski definition) is 5. The second-order valence-corrected chi connectivity index (χ2v) is 8.87. The van der Waals surface area contributed by atoms with Gasteiger partial charge in [0.1, 0.15) is 5.58 Å². The predicted molar refractivity (Wildman–Crippen MR) is 128 cm³/mol. The Bertz CT molecular complexity index is 1210. The number of carbonyl (C=O) groups excluding carboxylic acids is 1. The molecule has 1 aliphatic heterocycles. The van der Waals surface area contributed by atoms with Gasteiger partial charge in [-0.15, -0.1) is 0 Å². The third-order valence-electron chi connectivity index (χ3n) is 6.08. The van der Waals surface area contributed by atoms with E-state index in [4.69, 9.17) is 13.9 Å². The molecule has 2 heterocycles. The average molecular weight is 450 g/mol. The van der Waals surface area contributed by atoms with Gasteiger partial charge in [-0.3, -0.25) is 9.59 Å². The van der Waals surface area contributed by atoms with Gasteiger partial charge in [-0.2, -0.15) is 0 Å². The van der Waals surface area contributed by atoms with Crippen LogP contribution in [0.1, 0.15) is 67.8 Å². The molecule has 0 fully saturated rings. The summed E-state index contributed by atoms with van der Waals surface area (Å²) in [7, 11) is 1.60. The number of fused-ring (bicyclic) bond motifs is 2. The summed E-state index contributed by atoms with van der Waals surface area (Å²) in [6, 6.07) is 12.2. The molecule has 2 aromatic carbocycles. The fourth-order valence-electron chi connectivity index (χ4n) is 4.25. The highest BCUT2D eigenvalue weighted by Gasteiger charge is 2.42. The lowest BCUT2D eigenvalue weighted by molar-refractivity contribution is 0.0725. The summed E-state index contributed by atoms with van der Waals surface area (Å²) >= 11 is 0. The van der Waals surface area contributed by atoms with E-state index in [9.17, 15) is 9.59 Å². The fourth-order valence-corrected chi connectivity index (χ4v) is 4.25. The zero-order valence-corrected chi connectivity index (χ0v) is 19.7. The molecule has 33 heavy (non-hydrogen) atoms. The number of benzene rings is 2. The van der Waals surface area contributed by atoms with Crippen LogP contribution >= 0.6 is 0 Å². The number of ether oxygens (including phenoxy) is 2. The van der Waals surface area contributed by atoms with Crippen molar-refractivity contribution in [2.24, 2.45) is 5.92 Å². The van der Waals surface area contributed by atoms with E-state index in [-0.39, 0.29) is 17.1 Å². The molecule has 174 valence electrons. The van der Waals surface area contributed by atoms with E-state index in [0.717, 1.165) is 24.8 Å². The molecule has 1 unspecified atom stereocenters. The van der Waals surface area contributed by atoms with Crippen LogP contribution < -0.4 is 14.9 Å². The maximum atomic E-state index is 13.5. The highest BCUT2D eigenvalue weighted by molar-refractivity contribution is 5.99. The molecule has 3 aromatic rings. The molecule has 0 spiro atoms. The van der Waals surface area contributed by atoms with Crippen LogP contribution in [0.15, 0.2) is 51.7 Å². The Hall–Kier alpha value is -3.28. The van der Waals surface area contributed by atoms with Crippen molar-refractivity contribution in [3.8, 4) is 11.5 Å². The number of unbranched alkanes of at least 4 members (excludes halogenated alkanes) is 1. The van der Waals surface area contributed by atoms with Crippen LogP contribution in [0.25, 0.3) is 11.0 Å². The van der Waals surface area contributed by atoms with Gasteiger partial charge in [0, 0.05) is 6.54 Å². The van der Waals surface area contributed by atoms with Crippen LogP contribution in [0.2, 0.25) is 0 Å². The molecular formula is C27H31NO5. The van der Waals surface area contributed by atoms with E-state index in [1.54, 1.807) is 36.3 Å². The summed E-state index contributed by atoms with van der Waals surface area (Å²) in [5.41, 5.74) is 1.46. The van der Waals surface area contributed by atoms with Gasteiger partial charge in [-0.05, 0) is 48.6 Å². The summed E-state index contributed by atoms with van der Waals surface area (Å²) in [5, 5.41) is 0.479. The Balaban J connectivity index is 1.80. The summed E-state index contributed by atoms with van der Waals surface area (Å²) in [6.45, 7) is 7.51. The molecule has 0 bridgehead atoms. The van der Waals surface area contributed by atoms with Gasteiger partial charge in [-0.1, -0.05) is 45.4 Å². The van der Waals surface area contributed by atoms with Crippen molar-refractivity contribution in [2.45, 2.75) is 46.1 Å². The lowest BCUT2D eigenvalue weighted by atomic mass is 9.98. The average Bonchev–Trinajstić information content (AvgIpc) is 3.09. The topological polar surface area (TPSA) is 69.0 Å². The molecule has 0 aliphatic carbocycles. The maximum Gasteiger partial charge on any atom is 0.290 e. The first-order valence-electron chi connectivity index (χ1n) is 11.6. The Morgan fingerprint density at radius 3 is 2.61 bits per heavy atom. The van der Waals surface area contributed by atoms with Crippen LogP contribution in [0.4, 0.5) is 0 Å². The SMILES string of the molecule is CCCCN1C(=O)c2oc3ccccc3c(=O)c2C1c1ccc(OCCC(C)C)c(OC)c1. The van der Waals surface area contributed by atoms with Gasteiger partial charge >= 0.3 is 0 Å². The van der Waals surface area contributed by atoms with Crippen LogP contribution in [-0.4, -0.2) is 31.1 Å². The molecule has 0 saturated carbocycles. The summed E-state index contributed by atoms with van der Waals surface area (Å²) in [5.74, 6) is 1.66. The largest absolute Gasteiger partial charge is 0.493 e. The maximum absolute atomic E-state index is 13.5. The molecule has 6 nitrogen and oxygen atoms in total. The molecule has 0 saturated heterocycles. The lowest BCUT2D eigenvalue weighted by Crippen LogP contribution is -2.30. The summed E-state index contributed by atoms with van der Waals surface area (Å²) in [4.78, 5) is 28.6. The van der Waals surface area contributed by atoms with Gasteiger partial charge in [0.25, 0.3) is 5.91 Å². The van der Waals surface area contributed by atoms with E-state index in [1.807, 2.05) is 18.2 Å². The number of nitrogens with zero attached hydrogens (tertiary/aromatic N) is 1. The molecular weight excluding hydrogens is 418 g/mol. The Kier molecular flexibility index (Phi) is 6.72. The van der Waals surface area contributed by atoms with Gasteiger partial charge < -0.3 is 18.8 Å². The first kappa shape index (κ1) is 22.9. The normalized spacial score (nSPS) is 15.4. The fraction of sp³-hybridized carbons (Fsp3) is 0.407. The third kappa shape index (κ3) is 4.34. The van der Waals surface area contributed by atoms with Gasteiger partial charge in [-0.25, -0.2) is 0 Å². The zero-order chi connectivity index (χ0) is 23.5. The standard InChI is InChI=1S/C27H31NO5/c1-5-6-14-28-24(18-11-12-21(22(16-18)31-4)32-15-13-17(2)3)23-25(29)19-9-7-8-10-20(19)33-26(23)27(28)30/h7-12,16-17,24H,5-6,13-15H2,1-4H3. The lowest BCUT2D eigenvalue weighted by Gasteiger charge is -2.25. The van der Waals surface area contributed by atoms with E-state index in [1.165, 1.54) is 0 Å². The van der Waals surface area contributed by atoms with E-state index in [2.05, 4.69) is 20.8 Å². The van der Waals surface area contributed by atoms with Crippen molar-refractivity contribution in [3.05, 3.63) is 69.6 Å². The van der Waals surface area contributed by atoms with Crippen LogP contribution in [0, 0.1) is 5.92 Å². The summed E-state index contributed by atoms with van der Waals surface area (Å²) < 4.78 is 17.5. The second-order valence-electron chi connectivity index (χ2n) is 8.87. The number of carbonyl (C=O) groups is 1. The molecule has 6 heteroatoms. The molecule has 0 N–H and O–H groups in total. The molecule has 1 aromatic heterocycles. The number of para-hydroxylation sites is 1. The second kappa shape index (κ2) is 9.69. The Morgan fingerprint density at radius 2 is 1.88 bits per heavy atom. The Labute approximate surface area is 194 Å². The summed E-state index contributed by atoms with van der Waals surface area (Å²) in [6.07, 6.45) is 2.70. The minimum Gasteiger partial charge on any atom is -0.493 e. The first-order chi connectivity index (χ1) is 16.0. The van der Waals surface area contributed by atoms with Crippen molar-refractivity contribution < 1.29 is 18.7 Å². The highest BCUT2D eigenvalue weighted by atomic mass is 16.5. The van der Waals surface area contributed by atoms with Crippen LogP contribution in [0.5, 0.6) is 11.5 Å². The monoisotopic (exact) mass is 449 g/mol. The molecule has 4 rings (SSSR count). The van der Waals surface area contributed by atoms with E-state index >= 15 is 0 Å². The third-order valence-corrected chi connectivity index (χ3v) is 6.08. The number of hydrogen-bond donors (Lipinski definition) is 0. The van der Waals surface area contributed by atoms with Crippen LogP contribution in [-0.2, 0) is 0 Å². The predicted octanol–water partition coefficient (Wildman–Crippen LogP) is 5.57. The quantitative estimate of drug-likeness (QED) is 0.427. The highest BCUT2D eigenvalue weighted by Crippen LogP contribution is 2.41. The zero-order valence-electron chi connectivity index (χ0n) is 19.7. The van der Waals surface area contributed by atoms with Crippen molar-refractivity contribution in [1.29, 1.82) is 0 Å². The first-order valence-corrected chi connectivity index (χ1v) is 11.6. The minimum atomic E-state index is -0.529. The minimum absolute atomic E-state index is 0.135. The molecule has 1 atom stereocenters. The number of methoxy groups -OCH3 is 1. The van der Waals surface area contributed by atoms with Gasteiger partial charge in [0.15, 0.2) is 16.9 Å². The van der Waals surface area contributed by atoms with Crippen LogP contribution in [0.3, 0.4) is 0 Å². The Morgan fingerprint density at radius 1 is 1.09 bits per heavy atom.